The Kier molecular flexibility index (Phi) is 5.78. The van der Waals surface area contributed by atoms with Gasteiger partial charge in [0.1, 0.15) is 5.52 Å². The molecule has 0 saturated carbocycles. The quantitative estimate of drug-likeness (QED) is 0.683. The summed E-state index contributed by atoms with van der Waals surface area (Å²) in [5.41, 5.74) is 1.32. The number of ether oxygens (including phenoxy) is 1. The lowest BCUT2D eigenvalue weighted by Crippen LogP contribution is -2.36. The SMILES string of the molecule is CN(Cc1ccccc1)C(=O)C(=O)Nc1ccc(OC(F)F)c2ncccc12. The number of carbonyl (C=O) groups excluding carboxylic acids is 2. The molecule has 2 aromatic carbocycles. The summed E-state index contributed by atoms with van der Waals surface area (Å²) in [5, 5.41) is 2.90. The van der Waals surface area contributed by atoms with Gasteiger partial charge in [-0.1, -0.05) is 30.3 Å². The summed E-state index contributed by atoms with van der Waals surface area (Å²) in [6, 6.07) is 15.1. The second-order valence-corrected chi connectivity index (χ2v) is 5.99. The van der Waals surface area contributed by atoms with E-state index in [-0.39, 0.29) is 23.5 Å². The van der Waals surface area contributed by atoms with Crippen LogP contribution in [0.5, 0.6) is 5.75 Å². The van der Waals surface area contributed by atoms with Gasteiger partial charge in [0.25, 0.3) is 0 Å². The number of halogens is 2. The number of hydrogen-bond acceptors (Lipinski definition) is 4. The monoisotopic (exact) mass is 385 g/mol. The van der Waals surface area contributed by atoms with Crippen molar-refractivity contribution in [2.45, 2.75) is 13.2 Å². The number of amides is 2. The molecule has 1 N–H and O–H groups in total. The van der Waals surface area contributed by atoms with Crippen LogP contribution in [-0.2, 0) is 16.1 Å². The Morgan fingerprint density at radius 1 is 1.11 bits per heavy atom. The molecule has 3 rings (SSSR count). The minimum absolute atomic E-state index is 0.115. The van der Waals surface area contributed by atoms with Crippen molar-refractivity contribution in [1.82, 2.24) is 9.88 Å². The maximum absolute atomic E-state index is 12.6. The lowest BCUT2D eigenvalue weighted by molar-refractivity contribution is -0.142. The summed E-state index contributed by atoms with van der Waals surface area (Å²) < 4.78 is 29.6. The van der Waals surface area contributed by atoms with Gasteiger partial charge < -0.3 is 15.0 Å². The molecule has 0 unspecified atom stereocenters. The smallest absolute Gasteiger partial charge is 0.387 e. The van der Waals surface area contributed by atoms with Crippen molar-refractivity contribution in [3.05, 3.63) is 66.4 Å². The molecule has 0 radical (unpaired) electrons. The van der Waals surface area contributed by atoms with Gasteiger partial charge >= 0.3 is 18.4 Å². The van der Waals surface area contributed by atoms with Crippen LogP contribution in [0.25, 0.3) is 10.9 Å². The first-order chi connectivity index (χ1) is 13.5. The third-order valence-electron chi connectivity index (χ3n) is 4.00. The molecule has 0 bridgehead atoms. The fourth-order valence-corrected chi connectivity index (χ4v) is 2.73. The molecule has 6 nitrogen and oxygen atoms in total. The number of fused-ring (bicyclic) bond motifs is 1. The highest BCUT2D eigenvalue weighted by atomic mass is 19.3. The van der Waals surface area contributed by atoms with Crippen LogP contribution in [0.15, 0.2) is 60.8 Å². The van der Waals surface area contributed by atoms with Gasteiger partial charge in [-0.3, -0.25) is 14.6 Å². The van der Waals surface area contributed by atoms with Crippen molar-refractivity contribution in [3.8, 4) is 5.75 Å². The van der Waals surface area contributed by atoms with E-state index >= 15 is 0 Å². The van der Waals surface area contributed by atoms with E-state index in [1.807, 2.05) is 30.3 Å². The lowest BCUT2D eigenvalue weighted by Gasteiger charge is -2.17. The maximum atomic E-state index is 12.6. The molecule has 0 spiro atoms. The van der Waals surface area contributed by atoms with Gasteiger partial charge in [-0.05, 0) is 29.8 Å². The number of nitrogens with one attached hydrogen (secondary N) is 1. The first-order valence-corrected chi connectivity index (χ1v) is 8.38. The number of aromatic nitrogens is 1. The highest BCUT2D eigenvalue weighted by Gasteiger charge is 2.21. The summed E-state index contributed by atoms with van der Waals surface area (Å²) in [6.07, 6.45) is 1.42. The molecule has 3 aromatic rings. The molecule has 0 aliphatic rings. The van der Waals surface area contributed by atoms with E-state index in [1.54, 1.807) is 12.1 Å². The van der Waals surface area contributed by atoms with Gasteiger partial charge in [0.05, 0.1) is 5.69 Å². The van der Waals surface area contributed by atoms with Crippen LogP contribution >= 0.6 is 0 Å². The summed E-state index contributed by atoms with van der Waals surface area (Å²) in [4.78, 5) is 30.1. The Hall–Kier alpha value is -3.55. The number of carbonyl (C=O) groups is 2. The van der Waals surface area contributed by atoms with Gasteiger partial charge in [0.15, 0.2) is 5.75 Å². The third kappa shape index (κ3) is 4.40. The van der Waals surface area contributed by atoms with E-state index in [1.165, 1.54) is 30.3 Å². The van der Waals surface area contributed by atoms with Crippen LogP contribution in [0.4, 0.5) is 14.5 Å². The Morgan fingerprint density at radius 2 is 1.86 bits per heavy atom. The molecule has 1 heterocycles. The number of nitrogens with zero attached hydrogens (tertiary/aromatic N) is 2. The van der Waals surface area contributed by atoms with Crippen molar-refractivity contribution >= 4 is 28.4 Å². The predicted molar refractivity (Wildman–Crippen MR) is 99.9 cm³/mol. The van der Waals surface area contributed by atoms with E-state index < -0.39 is 18.4 Å². The summed E-state index contributed by atoms with van der Waals surface area (Å²) >= 11 is 0. The lowest BCUT2D eigenvalue weighted by atomic mass is 10.1. The fraction of sp³-hybridized carbons (Fsp3) is 0.150. The number of rotatable bonds is 5. The van der Waals surface area contributed by atoms with Crippen LogP contribution < -0.4 is 10.1 Å². The van der Waals surface area contributed by atoms with E-state index in [9.17, 15) is 18.4 Å². The Bertz CT molecular complexity index is 996. The van der Waals surface area contributed by atoms with Gasteiger partial charge in [-0.15, -0.1) is 0 Å². The zero-order valence-electron chi connectivity index (χ0n) is 14.9. The molecule has 0 atom stereocenters. The third-order valence-corrected chi connectivity index (χ3v) is 4.00. The van der Waals surface area contributed by atoms with Crippen molar-refractivity contribution in [2.24, 2.45) is 0 Å². The summed E-state index contributed by atoms with van der Waals surface area (Å²) in [5.74, 6) is -1.68. The second-order valence-electron chi connectivity index (χ2n) is 5.99. The van der Waals surface area contributed by atoms with Crippen molar-refractivity contribution in [2.75, 3.05) is 12.4 Å². The van der Waals surface area contributed by atoms with Gasteiger partial charge in [0.2, 0.25) is 0 Å². The molecule has 144 valence electrons. The predicted octanol–water partition coefficient (Wildman–Crippen LogP) is 3.43. The molecule has 0 aliphatic carbocycles. The average molecular weight is 385 g/mol. The zero-order valence-corrected chi connectivity index (χ0v) is 14.9. The fourth-order valence-electron chi connectivity index (χ4n) is 2.73. The molecule has 2 amide bonds. The van der Waals surface area contributed by atoms with Crippen LogP contribution in [-0.4, -0.2) is 35.4 Å². The highest BCUT2D eigenvalue weighted by molar-refractivity contribution is 6.40. The van der Waals surface area contributed by atoms with Crippen LogP contribution in [0, 0.1) is 0 Å². The number of anilines is 1. The number of alkyl halides is 2. The van der Waals surface area contributed by atoms with Crippen LogP contribution in [0.1, 0.15) is 5.56 Å². The Labute approximate surface area is 159 Å². The largest absolute Gasteiger partial charge is 0.432 e. The second kappa shape index (κ2) is 8.43. The minimum Gasteiger partial charge on any atom is -0.432 e. The van der Waals surface area contributed by atoms with Gasteiger partial charge in [-0.25, -0.2) is 0 Å². The first-order valence-electron chi connectivity index (χ1n) is 8.38. The van der Waals surface area contributed by atoms with Crippen molar-refractivity contribution in [1.29, 1.82) is 0 Å². The molecule has 0 aliphatic heterocycles. The minimum atomic E-state index is -3.00. The Balaban J connectivity index is 1.78. The van der Waals surface area contributed by atoms with Crippen LogP contribution in [0.3, 0.4) is 0 Å². The maximum Gasteiger partial charge on any atom is 0.387 e. The van der Waals surface area contributed by atoms with Gasteiger partial charge in [-0.2, -0.15) is 8.78 Å². The summed E-state index contributed by atoms with van der Waals surface area (Å²) in [7, 11) is 1.52. The van der Waals surface area contributed by atoms with Crippen molar-refractivity contribution in [3.63, 3.8) is 0 Å². The number of benzene rings is 2. The van der Waals surface area contributed by atoms with E-state index in [2.05, 4.69) is 15.0 Å². The topological polar surface area (TPSA) is 71.5 Å². The molecule has 1 aromatic heterocycles. The van der Waals surface area contributed by atoms with E-state index in [4.69, 9.17) is 0 Å². The Morgan fingerprint density at radius 3 is 2.57 bits per heavy atom. The molecule has 0 saturated heterocycles. The van der Waals surface area contributed by atoms with E-state index in [0.717, 1.165) is 5.56 Å². The number of likely N-dealkylation sites (N-methyl/N-ethyl adjacent to an activating group) is 1. The molecule has 28 heavy (non-hydrogen) atoms. The number of hydrogen-bond donors (Lipinski definition) is 1. The first kappa shape index (κ1) is 19.2. The highest BCUT2D eigenvalue weighted by Crippen LogP contribution is 2.30. The standard InChI is InChI=1S/C20H17F2N3O3/c1-25(12-13-6-3-2-4-7-13)19(27)18(26)24-15-9-10-16(28-20(21)22)17-14(15)8-5-11-23-17/h2-11,20H,12H2,1H3,(H,24,26). The van der Waals surface area contributed by atoms with Crippen LogP contribution in [0.2, 0.25) is 0 Å². The molecule has 0 fully saturated rings. The van der Waals surface area contributed by atoms with E-state index in [0.29, 0.717) is 5.39 Å². The molecule has 8 heteroatoms. The number of pyridine rings is 1. The van der Waals surface area contributed by atoms with Crippen molar-refractivity contribution < 1.29 is 23.1 Å². The average Bonchev–Trinajstić information content (AvgIpc) is 2.69. The van der Waals surface area contributed by atoms with Gasteiger partial charge in [0, 0.05) is 25.2 Å². The normalized spacial score (nSPS) is 10.7. The molecular formula is C20H17F2N3O3. The molecular weight excluding hydrogens is 368 g/mol. The zero-order chi connectivity index (χ0) is 20.1. The summed E-state index contributed by atoms with van der Waals surface area (Å²) in [6.45, 7) is -2.73.